The van der Waals surface area contributed by atoms with E-state index in [1.54, 1.807) is 0 Å². The Morgan fingerprint density at radius 2 is 2.10 bits per heavy atom. The van der Waals surface area contributed by atoms with Crippen molar-refractivity contribution >= 4 is 16.7 Å². The van der Waals surface area contributed by atoms with Gasteiger partial charge >= 0.3 is 0 Å². The van der Waals surface area contributed by atoms with Crippen LogP contribution in [0.15, 0.2) is 42.5 Å². The summed E-state index contributed by atoms with van der Waals surface area (Å²) in [7, 11) is 0. The zero-order valence-corrected chi connectivity index (χ0v) is 11.8. The number of benzene rings is 2. The van der Waals surface area contributed by atoms with E-state index in [1.165, 1.54) is 0 Å². The summed E-state index contributed by atoms with van der Waals surface area (Å²) in [6.07, 6.45) is 0.0682. The van der Waals surface area contributed by atoms with Gasteiger partial charge in [-0.15, -0.1) is 0 Å². The van der Waals surface area contributed by atoms with Crippen LogP contribution in [0.25, 0.3) is 10.8 Å². The van der Waals surface area contributed by atoms with Crippen LogP contribution >= 0.6 is 0 Å². The third-order valence-electron chi connectivity index (χ3n) is 3.93. The SMILES string of the molecule is O=C(NC[C@@H](O)c1ccc2ccccc2c1)[C@H]1CCOC1. The molecule has 1 aliphatic heterocycles. The van der Waals surface area contributed by atoms with E-state index in [4.69, 9.17) is 4.74 Å². The molecule has 110 valence electrons. The molecule has 4 nitrogen and oxygen atoms in total. The first-order chi connectivity index (χ1) is 10.2. The Kier molecular flexibility index (Phi) is 4.18. The fourth-order valence-corrected chi connectivity index (χ4v) is 2.62. The summed E-state index contributed by atoms with van der Waals surface area (Å²) in [5.41, 5.74) is 0.816. The van der Waals surface area contributed by atoms with Gasteiger partial charge in [-0.2, -0.15) is 0 Å². The second-order valence-electron chi connectivity index (χ2n) is 5.43. The van der Waals surface area contributed by atoms with E-state index in [2.05, 4.69) is 5.32 Å². The normalized spacial score (nSPS) is 19.6. The summed E-state index contributed by atoms with van der Waals surface area (Å²) in [6.45, 7) is 1.36. The molecular formula is C17H19NO3. The van der Waals surface area contributed by atoms with Crippen molar-refractivity contribution in [3.63, 3.8) is 0 Å². The Labute approximate surface area is 123 Å². The quantitative estimate of drug-likeness (QED) is 0.903. The van der Waals surface area contributed by atoms with Gasteiger partial charge in [0.25, 0.3) is 0 Å². The van der Waals surface area contributed by atoms with E-state index >= 15 is 0 Å². The van der Waals surface area contributed by atoms with Crippen molar-refractivity contribution < 1.29 is 14.6 Å². The van der Waals surface area contributed by atoms with Crippen LogP contribution in [0.2, 0.25) is 0 Å². The second-order valence-corrected chi connectivity index (χ2v) is 5.43. The van der Waals surface area contributed by atoms with Gasteiger partial charge < -0.3 is 15.2 Å². The van der Waals surface area contributed by atoms with Crippen molar-refractivity contribution in [1.29, 1.82) is 0 Å². The molecule has 0 bridgehead atoms. The zero-order chi connectivity index (χ0) is 14.7. The molecule has 1 heterocycles. The van der Waals surface area contributed by atoms with Crippen LogP contribution in [0.4, 0.5) is 0 Å². The first kappa shape index (κ1) is 14.0. The topological polar surface area (TPSA) is 58.6 Å². The highest BCUT2D eigenvalue weighted by molar-refractivity contribution is 5.83. The molecule has 0 spiro atoms. The Morgan fingerprint density at radius 3 is 2.86 bits per heavy atom. The number of amides is 1. The number of nitrogens with one attached hydrogen (secondary N) is 1. The number of aliphatic hydroxyl groups excluding tert-OH is 1. The molecule has 2 N–H and O–H groups in total. The predicted octanol–water partition coefficient (Wildman–Crippen LogP) is 2.03. The van der Waals surface area contributed by atoms with Gasteiger partial charge in [-0.1, -0.05) is 36.4 Å². The van der Waals surface area contributed by atoms with Crippen molar-refractivity contribution in [2.75, 3.05) is 19.8 Å². The average molecular weight is 285 g/mol. The average Bonchev–Trinajstić information content (AvgIpc) is 3.06. The third kappa shape index (κ3) is 3.23. The highest BCUT2D eigenvalue weighted by Crippen LogP contribution is 2.20. The number of hydrogen-bond donors (Lipinski definition) is 2. The van der Waals surface area contributed by atoms with E-state index in [0.29, 0.717) is 13.2 Å². The monoisotopic (exact) mass is 285 g/mol. The van der Waals surface area contributed by atoms with E-state index < -0.39 is 6.10 Å². The highest BCUT2D eigenvalue weighted by Gasteiger charge is 2.23. The Balaban J connectivity index is 1.63. The van der Waals surface area contributed by atoms with E-state index in [1.807, 2.05) is 42.5 Å². The predicted molar refractivity (Wildman–Crippen MR) is 80.8 cm³/mol. The number of ether oxygens (including phenoxy) is 1. The first-order valence-electron chi connectivity index (χ1n) is 7.26. The first-order valence-corrected chi connectivity index (χ1v) is 7.26. The molecule has 2 aromatic rings. The number of fused-ring (bicyclic) bond motifs is 1. The largest absolute Gasteiger partial charge is 0.387 e. The molecule has 0 aromatic heterocycles. The van der Waals surface area contributed by atoms with Gasteiger partial charge in [0.05, 0.1) is 18.6 Å². The van der Waals surface area contributed by atoms with E-state index in [-0.39, 0.29) is 18.4 Å². The lowest BCUT2D eigenvalue weighted by Gasteiger charge is -2.15. The summed E-state index contributed by atoms with van der Waals surface area (Å²) in [4.78, 5) is 11.9. The maximum absolute atomic E-state index is 11.9. The van der Waals surface area contributed by atoms with Crippen LogP contribution in [0, 0.1) is 5.92 Å². The van der Waals surface area contributed by atoms with E-state index in [0.717, 1.165) is 22.8 Å². The van der Waals surface area contributed by atoms with Crippen molar-refractivity contribution in [2.24, 2.45) is 5.92 Å². The van der Waals surface area contributed by atoms with E-state index in [9.17, 15) is 9.90 Å². The van der Waals surface area contributed by atoms with Crippen molar-refractivity contribution in [3.05, 3.63) is 48.0 Å². The van der Waals surface area contributed by atoms with Crippen molar-refractivity contribution in [3.8, 4) is 0 Å². The summed E-state index contributed by atoms with van der Waals surface area (Å²) >= 11 is 0. The van der Waals surface area contributed by atoms with Gasteiger partial charge in [0.2, 0.25) is 5.91 Å². The molecule has 2 atom stereocenters. The summed E-state index contributed by atoms with van der Waals surface area (Å²) in [5.74, 6) is -0.110. The number of aliphatic hydroxyl groups is 1. The van der Waals surface area contributed by atoms with Gasteiger partial charge in [0, 0.05) is 13.2 Å². The molecule has 4 heteroatoms. The van der Waals surface area contributed by atoms with Crippen molar-refractivity contribution in [2.45, 2.75) is 12.5 Å². The van der Waals surface area contributed by atoms with Crippen molar-refractivity contribution in [1.82, 2.24) is 5.32 Å². The number of hydrogen-bond acceptors (Lipinski definition) is 3. The molecule has 1 saturated heterocycles. The van der Waals surface area contributed by atoms with Crippen LogP contribution in [-0.4, -0.2) is 30.8 Å². The number of carbonyl (C=O) groups is 1. The molecule has 1 fully saturated rings. The molecular weight excluding hydrogens is 266 g/mol. The number of rotatable bonds is 4. The lowest BCUT2D eigenvalue weighted by molar-refractivity contribution is -0.125. The van der Waals surface area contributed by atoms with Gasteiger partial charge in [0.15, 0.2) is 0 Å². The number of carbonyl (C=O) groups excluding carboxylic acids is 1. The molecule has 0 saturated carbocycles. The molecule has 1 aliphatic rings. The molecule has 0 unspecified atom stereocenters. The van der Waals surface area contributed by atoms with Gasteiger partial charge in [-0.25, -0.2) is 0 Å². The smallest absolute Gasteiger partial charge is 0.225 e. The highest BCUT2D eigenvalue weighted by atomic mass is 16.5. The minimum atomic E-state index is -0.694. The van der Waals surface area contributed by atoms with Gasteiger partial charge in [-0.3, -0.25) is 4.79 Å². The Bertz CT molecular complexity index is 635. The molecule has 3 rings (SSSR count). The van der Waals surface area contributed by atoms with Gasteiger partial charge in [0.1, 0.15) is 0 Å². The zero-order valence-electron chi connectivity index (χ0n) is 11.8. The molecule has 2 aromatic carbocycles. The van der Waals surface area contributed by atoms with Crippen LogP contribution < -0.4 is 5.32 Å². The fourth-order valence-electron chi connectivity index (χ4n) is 2.62. The molecule has 0 radical (unpaired) electrons. The minimum Gasteiger partial charge on any atom is -0.387 e. The molecule has 1 amide bonds. The standard InChI is InChI=1S/C17H19NO3/c19-16(10-18-17(20)15-7-8-21-11-15)14-6-5-12-3-1-2-4-13(12)9-14/h1-6,9,15-16,19H,7-8,10-11H2,(H,18,20)/t15-,16+/m0/s1. The lowest BCUT2D eigenvalue weighted by atomic mass is 10.0. The fraction of sp³-hybridized carbons (Fsp3) is 0.353. The minimum absolute atomic E-state index is 0.0349. The summed E-state index contributed by atoms with van der Waals surface area (Å²) in [5, 5.41) is 15.3. The Morgan fingerprint density at radius 1 is 1.29 bits per heavy atom. The lowest BCUT2D eigenvalue weighted by Crippen LogP contribution is -2.34. The van der Waals surface area contributed by atoms with Crippen LogP contribution in [0.3, 0.4) is 0 Å². The molecule has 21 heavy (non-hydrogen) atoms. The summed E-state index contributed by atoms with van der Waals surface area (Å²) in [6, 6.07) is 13.9. The van der Waals surface area contributed by atoms with Crippen LogP contribution in [0.1, 0.15) is 18.1 Å². The second kappa shape index (κ2) is 6.24. The third-order valence-corrected chi connectivity index (χ3v) is 3.93. The maximum atomic E-state index is 11.9. The van der Waals surface area contributed by atoms with Crippen LogP contribution in [-0.2, 0) is 9.53 Å². The Hall–Kier alpha value is -1.91. The van der Waals surface area contributed by atoms with Crippen LogP contribution in [0.5, 0.6) is 0 Å². The molecule has 0 aliphatic carbocycles. The maximum Gasteiger partial charge on any atom is 0.225 e. The summed E-state index contributed by atoms with van der Waals surface area (Å²) < 4.78 is 5.19. The van der Waals surface area contributed by atoms with Gasteiger partial charge in [-0.05, 0) is 28.8 Å².